The van der Waals surface area contributed by atoms with E-state index in [1.54, 1.807) is 0 Å². The lowest BCUT2D eigenvalue weighted by molar-refractivity contribution is -0.0722. The monoisotopic (exact) mass is 686 g/mol. The number of aliphatic hydroxyl groups is 1. The van der Waals surface area contributed by atoms with Crippen LogP contribution in [0, 0.1) is 0 Å². The van der Waals surface area contributed by atoms with E-state index in [1.807, 2.05) is 0 Å². The van der Waals surface area contributed by atoms with Crippen molar-refractivity contribution in [1.82, 2.24) is 0 Å². The van der Waals surface area contributed by atoms with E-state index in [4.69, 9.17) is 40.4 Å². The highest BCUT2D eigenvalue weighted by molar-refractivity contribution is 6.17. The van der Waals surface area contributed by atoms with Gasteiger partial charge in [-0.25, -0.2) is 0 Å². The van der Waals surface area contributed by atoms with Crippen molar-refractivity contribution in [2.45, 2.75) is 57.0 Å². The third-order valence-electron chi connectivity index (χ3n) is 9.24. The molecule has 0 saturated carbocycles. The Bertz CT molecular complexity index is 1510. The fraction of sp³-hybridized carbons (Fsp3) is 0.429. The summed E-state index contributed by atoms with van der Waals surface area (Å²) in [6.45, 7) is 8.10. The molecule has 1 atom stereocenters. The normalized spacial score (nSPS) is 14.2. The van der Waals surface area contributed by atoms with Gasteiger partial charge in [-0.15, -0.1) is 11.6 Å². The predicted octanol–water partition coefficient (Wildman–Crippen LogP) is 8.82. The van der Waals surface area contributed by atoms with Gasteiger partial charge in [-0.2, -0.15) is 0 Å². The van der Waals surface area contributed by atoms with Gasteiger partial charge in [-0.3, -0.25) is 0 Å². The van der Waals surface area contributed by atoms with Crippen LogP contribution in [0.1, 0.15) is 68.2 Å². The highest BCUT2D eigenvalue weighted by atomic mass is 35.5. The van der Waals surface area contributed by atoms with Crippen LogP contribution in [0.15, 0.2) is 97.1 Å². The smallest absolute Gasteiger partial charge is 0.119 e. The number of hydrogen-bond donors (Lipinski definition) is 1. The van der Waals surface area contributed by atoms with Crippen LogP contribution in [0.3, 0.4) is 0 Å². The van der Waals surface area contributed by atoms with Crippen LogP contribution in [-0.4, -0.2) is 69.4 Å². The fourth-order valence-corrected chi connectivity index (χ4v) is 7.03. The topological polar surface area (TPSA) is 66.4 Å². The molecule has 0 spiro atoms. The van der Waals surface area contributed by atoms with Crippen LogP contribution >= 0.6 is 11.6 Å². The maximum absolute atomic E-state index is 9.10. The zero-order valence-corrected chi connectivity index (χ0v) is 29.8. The van der Waals surface area contributed by atoms with Gasteiger partial charge in [0.05, 0.1) is 50.7 Å². The molecule has 1 N–H and O–H groups in total. The summed E-state index contributed by atoms with van der Waals surface area (Å²) >= 11 is 5.86. The third kappa shape index (κ3) is 9.05. The molecule has 0 aromatic heterocycles. The minimum atomic E-state index is -0.475. The largest absolute Gasteiger partial charge is 0.494 e. The molecule has 1 aliphatic carbocycles. The van der Waals surface area contributed by atoms with Crippen molar-refractivity contribution in [3.05, 3.63) is 119 Å². The molecular formula is C42H51ClO6. The van der Waals surface area contributed by atoms with E-state index in [0.717, 1.165) is 43.6 Å². The molecule has 1 aliphatic rings. The first-order valence-electron chi connectivity index (χ1n) is 17.7. The van der Waals surface area contributed by atoms with Crippen molar-refractivity contribution in [3.63, 3.8) is 0 Å². The molecule has 7 heteroatoms. The summed E-state index contributed by atoms with van der Waals surface area (Å²) < 4.78 is 29.5. The summed E-state index contributed by atoms with van der Waals surface area (Å²) in [7, 11) is 0. The second-order valence-corrected chi connectivity index (χ2v) is 13.1. The van der Waals surface area contributed by atoms with E-state index in [2.05, 4.69) is 111 Å². The molecule has 262 valence electrons. The standard InChI is InChI=1S/C42H51ClO6/c1-3-22-41(2,49-30-25-44)23-29-46-32-31-45-26-9-28-48-36-20-16-34(17-21-36)42(33-14-18-35(19-15-33)47-27-8-24-43)39-12-6-4-10-37(39)38-11-5-7-13-40(38)42/h4-7,10-21,44H,3,8-9,22-32H2,1-2H3. The van der Waals surface area contributed by atoms with E-state index >= 15 is 0 Å². The predicted molar refractivity (Wildman–Crippen MR) is 197 cm³/mol. The van der Waals surface area contributed by atoms with Gasteiger partial charge in [0.15, 0.2) is 0 Å². The molecule has 0 amide bonds. The van der Waals surface area contributed by atoms with Crippen molar-refractivity contribution in [1.29, 1.82) is 0 Å². The van der Waals surface area contributed by atoms with Crippen molar-refractivity contribution >= 4 is 11.6 Å². The lowest BCUT2D eigenvalue weighted by Gasteiger charge is -2.34. The SMILES string of the molecule is CCCC(C)(CCOCCOCCCOc1ccc(C2(c3ccc(OCCCCl)cc3)c3ccccc3-c3ccccc32)cc1)OCCO. The van der Waals surface area contributed by atoms with E-state index in [9.17, 15) is 0 Å². The quantitative estimate of drug-likeness (QED) is 0.0580. The Hall–Kier alpha value is -3.39. The zero-order chi connectivity index (χ0) is 34.4. The average molecular weight is 687 g/mol. The molecule has 4 aromatic rings. The van der Waals surface area contributed by atoms with Crippen LogP contribution in [0.2, 0.25) is 0 Å². The van der Waals surface area contributed by atoms with E-state index in [-0.39, 0.29) is 12.2 Å². The molecule has 0 aliphatic heterocycles. The first-order chi connectivity index (χ1) is 24.1. The molecule has 0 heterocycles. The minimum Gasteiger partial charge on any atom is -0.494 e. The lowest BCUT2D eigenvalue weighted by atomic mass is 9.68. The molecule has 0 saturated heterocycles. The third-order valence-corrected chi connectivity index (χ3v) is 9.51. The summed E-state index contributed by atoms with van der Waals surface area (Å²) in [5, 5.41) is 9.10. The van der Waals surface area contributed by atoms with Gasteiger partial charge in [0.25, 0.3) is 0 Å². The molecule has 5 rings (SSSR count). The molecular weight excluding hydrogens is 636 g/mol. The summed E-state index contributed by atoms with van der Waals surface area (Å²) in [6, 6.07) is 34.6. The number of fused-ring (bicyclic) bond motifs is 3. The molecule has 4 aromatic carbocycles. The Morgan fingerprint density at radius 3 is 1.67 bits per heavy atom. The number of aliphatic hydroxyl groups excluding tert-OH is 1. The highest BCUT2D eigenvalue weighted by Gasteiger charge is 2.45. The van der Waals surface area contributed by atoms with Gasteiger partial charge in [-0.1, -0.05) is 86.1 Å². The average Bonchev–Trinajstić information content (AvgIpc) is 3.43. The highest BCUT2D eigenvalue weighted by Crippen LogP contribution is 2.56. The summed E-state index contributed by atoms with van der Waals surface area (Å²) in [4.78, 5) is 0. The molecule has 6 nitrogen and oxygen atoms in total. The maximum atomic E-state index is 9.10. The Balaban J connectivity index is 1.18. The summed E-state index contributed by atoms with van der Waals surface area (Å²) in [5.41, 5.74) is 6.70. The minimum absolute atomic E-state index is 0.0375. The molecule has 1 unspecified atom stereocenters. The molecule has 0 radical (unpaired) electrons. The molecule has 49 heavy (non-hydrogen) atoms. The van der Waals surface area contributed by atoms with Crippen LogP contribution < -0.4 is 9.47 Å². The zero-order valence-electron chi connectivity index (χ0n) is 29.0. The van der Waals surface area contributed by atoms with Crippen molar-refractivity contribution in [2.75, 3.05) is 58.7 Å². The van der Waals surface area contributed by atoms with Gasteiger partial charge in [0, 0.05) is 25.5 Å². The number of alkyl halides is 1. The van der Waals surface area contributed by atoms with Gasteiger partial charge < -0.3 is 28.8 Å². The number of rotatable bonds is 22. The number of halogens is 1. The molecule has 0 fully saturated rings. The first kappa shape index (κ1) is 36.9. The summed E-state index contributed by atoms with van der Waals surface area (Å²) in [6.07, 6.45) is 4.37. The number of benzene rings is 4. The summed E-state index contributed by atoms with van der Waals surface area (Å²) in [5.74, 6) is 2.27. The van der Waals surface area contributed by atoms with Crippen LogP contribution in [0.4, 0.5) is 0 Å². The molecule has 0 bridgehead atoms. The van der Waals surface area contributed by atoms with Crippen molar-refractivity contribution in [2.24, 2.45) is 0 Å². The van der Waals surface area contributed by atoms with Gasteiger partial charge in [0.2, 0.25) is 0 Å². The lowest BCUT2D eigenvalue weighted by Crippen LogP contribution is -2.31. The Morgan fingerprint density at radius 2 is 1.14 bits per heavy atom. The second kappa shape index (κ2) is 18.6. The Labute approximate surface area is 297 Å². The van der Waals surface area contributed by atoms with Gasteiger partial charge in [0.1, 0.15) is 11.5 Å². The van der Waals surface area contributed by atoms with Crippen LogP contribution in [0.5, 0.6) is 11.5 Å². The van der Waals surface area contributed by atoms with Crippen LogP contribution in [-0.2, 0) is 19.6 Å². The Morgan fingerprint density at radius 1 is 0.612 bits per heavy atom. The Kier molecular flexibility index (Phi) is 14.0. The van der Waals surface area contributed by atoms with Crippen LogP contribution in [0.25, 0.3) is 11.1 Å². The number of hydrogen-bond acceptors (Lipinski definition) is 6. The first-order valence-corrected chi connectivity index (χ1v) is 18.2. The van der Waals surface area contributed by atoms with Gasteiger partial charge >= 0.3 is 0 Å². The second-order valence-electron chi connectivity index (χ2n) is 12.7. The van der Waals surface area contributed by atoms with E-state index in [0.29, 0.717) is 52.1 Å². The van der Waals surface area contributed by atoms with E-state index < -0.39 is 5.41 Å². The number of ether oxygens (including phenoxy) is 5. The van der Waals surface area contributed by atoms with E-state index in [1.165, 1.54) is 33.4 Å². The maximum Gasteiger partial charge on any atom is 0.119 e. The van der Waals surface area contributed by atoms with Crippen molar-refractivity contribution in [3.8, 4) is 22.6 Å². The fourth-order valence-electron chi connectivity index (χ4n) is 6.92. The van der Waals surface area contributed by atoms with Gasteiger partial charge in [-0.05, 0) is 83.8 Å². The van der Waals surface area contributed by atoms with Crippen molar-refractivity contribution < 1.29 is 28.8 Å².